The lowest BCUT2D eigenvalue weighted by Crippen LogP contribution is -2.44. The van der Waals surface area contributed by atoms with Crippen LogP contribution in [0.4, 0.5) is 0 Å². The van der Waals surface area contributed by atoms with Crippen molar-refractivity contribution in [3.63, 3.8) is 0 Å². The highest BCUT2D eigenvalue weighted by Crippen LogP contribution is 2.52. The Bertz CT molecular complexity index is 490. The summed E-state index contributed by atoms with van der Waals surface area (Å²) in [5.41, 5.74) is 0.0589. The summed E-state index contributed by atoms with van der Waals surface area (Å²) in [5, 5.41) is 11.5. The van der Waals surface area contributed by atoms with Gasteiger partial charge in [-0.1, -0.05) is 33.6 Å². The van der Waals surface area contributed by atoms with E-state index in [4.69, 9.17) is 9.47 Å². The quantitative estimate of drug-likeness (QED) is 0.910. The molecule has 3 heteroatoms. The van der Waals surface area contributed by atoms with Crippen molar-refractivity contribution in [1.82, 2.24) is 0 Å². The van der Waals surface area contributed by atoms with E-state index in [2.05, 4.69) is 20.8 Å². The molecule has 0 aliphatic heterocycles. The molecule has 1 saturated carbocycles. The Kier molecular flexibility index (Phi) is 4.52. The van der Waals surface area contributed by atoms with Crippen LogP contribution < -0.4 is 9.47 Å². The molecule has 118 valence electrons. The van der Waals surface area contributed by atoms with Crippen molar-refractivity contribution < 1.29 is 14.6 Å². The molecule has 1 aliphatic rings. The van der Waals surface area contributed by atoms with Gasteiger partial charge in [-0.15, -0.1) is 0 Å². The number of rotatable bonds is 3. The highest BCUT2D eigenvalue weighted by atomic mass is 16.5. The molecule has 1 fully saturated rings. The molecule has 0 aromatic heterocycles. The normalized spacial score (nSPS) is 26.5. The van der Waals surface area contributed by atoms with Gasteiger partial charge in [0.05, 0.1) is 19.8 Å². The second-order valence-electron chi connectivity index (χ2n) is 7.15. The first-order chi connectivity index (χ1) is 9.82. The van der Waals surface area contributed by atoms with Crippen molar-refractivity contribution in [2.75, 3.05) is 14.2 Å². The van der Waals surface area contributed by atoms with Crippen LogP contribution in [0, 0.1) is 11.3 Å². The van der Waals surface area contributed by atoms with E-state index in [0.29, 0.717) is 0 Å². The third-order valence-electron chi connectivity index (χ3n) is 4.80. The van der Waals surface area contributed by atoms with Crippen LogP contribution in [0.2, 0.25) is 0 Å². The maximum atomic E-state index is 11.5. The van der Waals surface area contributed by atoms with Crippen molar-refractivity contribution in [3.8, 4) is 11.5 Å². The minimum atomic E-state index is -0.851. The van der Waals surface area contributed by atoms with Gasteiger partial charge in [0, 0.05) is 5.56 Å². The lowest BCUT2D eigenvalue weighted by molar-refractivity contribution is -0.0971. The average molecular weight is 292 g/mol. The Morgan fingerprint density at radius 3 is 2.43 bits per heavy atom. The number of hydrogen-bond donors (Lipinski definition) is 1. The van der Waals surface area contributed by atoms with E-state index in [9.17, 15) is 5.11 Å². The number of hydrogen-bond acceptors (Lipinski definition) is 3. The fourth-order valence-electron chi connectivity index (χ4n) is 3.78. The summed E-state index contributed by atoms with van der Waals surface area (Å²) in [4.78, 5) is 0. The summed E-state index contributed by atoms with van der Waals surface area (Å²) >= 11 is 0. The molecule has 2 rings (SSSR count). The Balaban J connectivity index is 2.54. The zero-order valence-electron chi connectivity index (χ0n) is 13.9. The van der Waals surface area contributed by atoms with Crippen molar-refractivity contribution in [2.45, 2.75) is 52.1 Å². The summed E-state index contributed by atoms with van der Waals surface area (Å²) in [6.07, 6.45) is 4.04. The van der Waals surface area contributed by atoms with E-state index in [1.54, 1.807) is 14.2 Å². The van der Waals surface area contributed by atoms with Crippen LogP contribution in [0.15, 0.2) is 18.2 Å². The van der Waals surface area contributed by atoms with Gasteiger partial charge < -0.3 is 14.6 Å². The zero-order valence-corrected chi connectivity index (χ0v) is 13.9. The predicted molar refractivity (Wildman–Crippen MR) is 84.9 cm³/mol. The van der Waals surface area contributed by atoms with Crippen molar-refractivity contribution in [1.29, 1.82) is 0 Å². The summed E-state index contributed by atoms with van der Waals surface area (Å²) in [6, 6.07) is 5.70. The first-order valence-electron chi connectivity index (χ1n) is 7.78. The highest BCUT2D eigenvalue weighted by Gasteiger charge is 2.47. The van der Waals surface area contributed by atoms with Crippen LogP contribution in [0.5, 0.6) is 11.5 Å². The van der Waals surface area contributed by atoms with Crippen molar-refractivity contribution >= 4 is 0 Å². The molecule has 3 nitrogen and oxygen atoms in total. The fourth-order valence-corrected chi connectivity index (χ4v) is 3.78. The first kappa shape index (κ1) is 16.2. The molecule has 0 saturated heterocycles. The van der Waals surface area contributed by atoms with Crippen molar-refractivity contribution in [2.24, 2.45) is 11.3 Å². The molecule has 0 amide bonds. The number of benzene rings is 1. The minimum absolute atomic E-state index is 0.0449. The molecule has 2 atom stereocenters. The molecule has 1 aromatic rings. The predicted octanol–water partition coefficient (Wildman–Crippen LogP) is 4.13. The van der Waals surface area contributed by atoms with Crippen LogP contribution in [0.25, 0.3) is 0 Å². The second kappa shape index (κ2) is 5.88. The number of ether oxygens (including phenoxy) is 2. The average Bonchev–Trinajstić information content (AvgIpc) is 2.45. The topological polar surface area (TPSA) is 38.7 Å². The lowest BCUT2D eigenvalue weighted by atomic mass is 9.61. The van der Waals surface area contributed by atoms with E-state index in [1.165, 1.54) is 6.42 Å². The molecule has 0 spiro atoms. The van der Waals surface area contributed by atoms with E-state index in [-0.39, 0.29) is 11.3 Å². The van der Waals surface area contributed by atoms with Gasteiger partial charge in [-0.25, -0.2) is 0 Å². The molecule has 0 heterocycles. The molecule has 1 aromatic carbocycles. The van der Waals surface area contributed by atoms with Gasteiger partial charge in [-0.05, 0) is 42.4 Å². The van der Waals surface area contributed by atoms with Gasteiger partial charge in [0.1, 0.15) is 11.5 Å². The third kappa shape index (κ3) is 3.03. The van der Waals surface area contributed by atoms with Crippen molar-refractivity contribution in [3.05, 3.63) is 23.8 Å². The monoisotopic (exact) mass is 292 g/mol. The van der Waals surface area contributed by atoms with Gasteiger partial charge in [0.25, 0.3) is 0 Å². The summed E-state index contributed by atoms with van der Waals surface area (Å²) in [5.74, 6) is 1.71. The Hall–Kier alpha value is -1.22. The van der Waals surface area contributed by atoms with E-state index in [1.807, 2.05) is 18.2 Å². The van der Waals surface area contributed by atoms with Crippen LogP contribution in [-0.4, -0.2) is 19.3 Å². The summed E-state index contributed by atoms with van der Waals surface area (Å²) < 4.78 is 10.9. The van der Waals surface area contributed by atoms with E-state index < -0.39 is 5.60 Å². The number of aliphatic hydroxyl groups is 1. The van der Waals surface area contributed by atoms with E-state index >= 15 is 0 Å². The van der Waals surface area contributed by atoms with Crippen LogP contribution in [0.3, 0.4) is 0 Å². The molecule has 0 bridgehead atoms. The zero-order chi connectivity index (χ0) is 15.7. The molecular formula is C18H28O3. The fraction of sp³-hybridized carbons (Fsp3) is 0.667. The maximum Gasteiger partial charge on any atom is 0.125 e. The van der Waals surface area contributed by atoms with Gasteiger partial charge in [-0.3, -0.25) is 0 Å². The SMILES string of the molecule is COc1ccc(OC)c(C2(O)CCCCC2C(C)(C)C)c1. The number of methoxy groups -OCH3 is 2. The van der Waals surface area contributed by atoms with Gasteiger partial charge >= 0.3 is 0 Å². The Morgan fingerprint density at radius 2 is 1.86 bits per heavy atom. The summed E-state index contributed by atoms with van der Waals surface area (Å²) in [7, 11) is 3.31. The Labute approximate surface area is 128 Å². The maximum absolute atomic E-state index is 11.5. The molecule has 2 unspecified atom stereocenters. The third-order valence-corrected chi connectivity index (χ3v) is 4.80. The second-order valence-corrected chi connectivity index (χ2v) is 7.15. The Morgan fingerprint density at radius 1 is 1.14 bits per heavy atom. The molecule has 1 aliphatic carbocycles. The highest BCUT2D eigenvalue weighted by molar-refractivity contribution is 5.44. The smallest absolute Gasteiger partial charge is 0.125 e. The minimum Gasteiger partial charge on any atom is -0.497 e. The van der Waals surface area contributed by atoms with Crippen LogP contribution in [0.1, 0.15) is 52.0 Å². The van der Waals surface area contributed by atoms with Gasteiger partial charge in [-0.2, -0.15) is 0 Å². The molecule has 1 N–H and O–H groups in total. The van der Waals surface area contributed by atoms with Gasteiger partial charge in [0.15, 0.2) is 0 Å². The molecule has 21 heavy (non-hydrogen) atoms. The van der Waals surface area contributed by atoms with Gasteiger partial charge in [0.2, 0.25) is 0 Å². The lowest BCUT2D eigenvalue weighted by Gasteiger charge is -2.47. The van der Waals surface area contributed by atoms with Crippen LogP contribution in [-0.2, 0) is 5.60 Å². The molecule has 0 radical (unpaired) electrons. The van der Waals surface area contributed by atoms with E-state index in [0.717, 1.165) is 36.3 Å². The standard InChI is InChI=1S/C18H28O3/c1-17(2,3)16-8-6-7-11-18(16,19)14-12-13(20-4)9-10-15(14)21-5/h9-10,12,16,19H,6-8,11H2,1-5H3. The van der Waals surface area contributed by atoms with Crippen LogP contribution >= 0.6 is 0 Å². The molecular weight excluding hydrogens is 264 g/mol. The summed E-state index contributed by atoms with van der Waals surface area (Å²) in [6.45, 7) is 6.63. The first-order valence-corrected chi connectivity index (χ1v) is 7.78. The largest absolute Gasteiger partial charge is 0.497 e.